The topological polar surface area (TPSA) is 129 Å². The number of aromatic nitrogens is 1. The number of benzene rings is 1. The summed E-state index contributed by atoms with van der Waals surface area (Å²) in [6.45, 7) is 6.21. The van der Waals surface area contributed by atoms with Gasteiger partial charge < -0.3 is 14.4 Å². The van der Waals surface area contributed by atoms with Gasteiger partial charge >= 0.3 is 21.7 Å². The molecule has 2 heterocycles. The van der Waals surface area contributed by atoms with Crippen molar-refractivity contribution >= 4 is 44.9 Å². The van der Waals surface area contributed by atoms with E-state index in [2.05, 4.69) is 4.90 Å². The highest BCUT2D eigenvalue weighted by Gasteiger charge is 2.19. The van der Waals surface area contributed by atoms with Gasteiger partial charge in [-0.15, -0.1) is 0 Å². The zero-order chi connectivity index (χ0) is 26.3. The molecule has 0 saturated heterocycles. The Morgan fingerprint density at radius 2 is 1.78 bits per heavy atom. The Morgan fingerprint density at radius 3 is 2.44 bits per heavy atom. The number of aliphatic carboxylic acids is 1. The first-order valence-electron chi connectivity index (χ1n) is 11.9. The number of hydrogen-bond donors (Lipinski definition) is 2. The summed E-state index contributed by atoms with van der Waals surface area (Å²) in [5.74, 6) is -0.850. The molecule has 0 unspecified atom stereocenters. The van der Waals surface area contributed by atoms with E-state index in [1.807, 2.05) is 32.0 Å². The molecule has 0 saturated carbocycles. The van der Waals surface area contributed by atoms with Gasteiger partial charge in [0.25, 0.3) is 0 Å². The maximum Gasteiger partial charge on any atom is 0.343 e. The predicted molar refractivity (Wildman–Crippen MR) is 138 cm³/mol. The van der Waals surface area contributed by atoms with Gasteiger partial charge in [-0.05, 0) is 51.0 Å². The van der Waals surface area contributed by atoms with E-state index in [1.165, 1.54) is 24.4 Å². The molecule has 0 radical (unpaired) electrons. The van der Waals surface area contributed by atoms with E-state index in [-0.39, 0.29) is 22.4 Å². The van der Waals surface area contributed by atoms with Crippen LogP contribution in [0.15, 0.2) is 56.8 Å². The number of nitrogens with zero attached hydrogens (tertiary/aromatic N) is 2. The van der Waals surface area contributed by atoms with Crippen molar-refractivity contribution < 1.29 is 31.9 Å². The normalized spacial score (nSPS) is 11.9. The zero-order valence-corrected chi connectivity index (χ0v) is 21.2. The van der Waals surface area contributed by atoms with Crippen LogP contribution in [-0.2, 0) is 21.5 Å². The molecule has 2 N–H and O–H groups in total. The van der Waals surface area contributed by atoms with E-state index >= 15 is 0 Å². The Bertz CT molecular complexity index is 1420. The minimum atomic E-state index is -4.53. The van der Waals surface area contributed by atoms with Gasteiger partial charge in [0, 0.05) is 54.7 Å². The molecule has 3 rings (SSSR count). The van der Waals surface area contributed by atoms with Gasteiger partial charge in [-0.1, -0.05) is 6.08 Å². The number of carbonyl (C=O) groups is 1. The molecule has 192 valence electrons. The lowest BCUT2D eigenvalue weighted by molar-refractivity contribution is -0.699. The smallest absolute Gasteiger partial charge is 0.343 e. The number of carboxylic acids is 1. The fourth-order valence-electron chi connectivity index (χ4n) is 3.96. The molecule has 0 fully saturated rings. The van der Waals surface area contributed by atoms with Gasteiger partial charge in [-0.3, -0.25) is 9.35 Å². The number of aryl methyl sites for hydroxylation is 1. The van der Waals surface area contributed by atoms with E-state index in [1.54, 1.807) is 16.8 Å². The molecule has 0 atom stereocenters. The van der Waals surface area contributed by atoms with Crippen LogP contribution < -0.4 is 15.1 Å². The highest BCUT2D eigenvalue weighted by molar-refractivity contribution is 7.85. The Labute approximate surface area is 210 Å². The molecule has 1 aromatic carbocycles. The molecule has 10 heteroatoms. The van der Waals surface area contributed by atoms with Crippen molar-refractivity contribution in [2.24, 2.45) is 0 Å². The number of pyridine rings is 1. The molecule has 36 heavy (non-hydrogen) atoms. The summed E-state index contributed by atoms with van der Waals surface area (Å²) in [5.41, 5.74) is 1.32. The van der Waals surface area contributed by atoms with Crippen LogP contribution in [0.25, 0.3) is 23.1 Å². The van der Waals surface area contributed by atoms with Crippen molar-refractivity contribution in [1.82, 2.24) is 0 Å². The van der Waals surface area contributed by atoms with Crippen LogP contribution in [0.2, 0.25) is 0 Å². The summed E-state index contributed by atoms with van der Waals surface area (Å²) in [4.78, 5) is 25.0. The summed E-state index contributed by atoms with van der Waals surface area (Å²) < 4.78 is 40.9. The fourth-order valence-corrected chi connectivity index (χ4v) is 4.67. The maximum absolute atomic E-state index is 12.6. The second-order valence-electron chi connectivity index (χ2n) is 8.40. The van der Waals surface area contributed by atoms with Crippen LogP contribution in [0.5, 0.6) is 0 Å². The van der Waals surface area contributed by atoms with Crippen molar-refractivity contribution in [1.29, 1.82) is 0 Å². The summed E-state index contributed by atoms with van der Waals surface area (Å²) >= 11 is 0. The number of rotatable bonds is 12. The van der Waals surface area contributed by atoms with Gasteiger partial charge in [0.2, 0.25) is 0 Å². The van der Waals surface area contributed by atoms with Crippen molar-refractivity contribution in [2.45, 2.75) is 51.0 Å². The lowest BCUT2D eigenvalue weighted by Crippen LogP contribution is -2.34. The fraction of sp³-hybridized carbons (Fsp3) is 0.346. The van der Waals surface area contributed by atoms with Gasteiger partial charge in [-0.2, -0.15) is 8.42 Å². The van der Waals surface area contributed by atoms with Gasteiger partial charge in [0.15, 0.2) is 17.3 Å². The van der Waals surface area contributed by atoms with E-state index in [0.717, 1.165) is 24.2 Å². The minimum Gasteiger partial charge on any atom is -0.481 e. The Balaban J connectivity index is 1.85. The Morgan fingerprint density at radius 1 is 1.06 bits per heavy atom. The van der Waals surface area contributed by atoms with Crippen molar-refractivity contribution in [3.05, 3.63) is 64.3 Å². The highest BCUT2D eigenvalue weighted by Crippen LogP contribution is 2.23. The van der Waals surface area contributed by atoms with Crippen molar-refractivity contribution in [2.75, 3.05) is 18.0 Å². The van der Waals surface area contributed by atoms with Crippen LogP contribution in [0.3, 0.4) is 0 Å². The summed E-state index contributed by atoms with van der Waals surface area (Å²) in [5, 5.41) is 9.44. The van der Waals surface area contributed by atoms with Gasteiger partial charge in [-0.25, -0.2) is 9.36 Å². The Kier molecular flexibility index (Phi) is 9.00. The number of anilines is 1. The second kappa shape index (κ2) is 12.0. The molecule has 0 spiro atoms. The van der Waals surface area contributed by atoms with E-state index in [4.69, 9.17) is 9.52 Å². The average molecular weight is 516 g/mol. The molecular formula is C26H31N2O7S+. The number of hydrogen-bond acceptors (Lipinski definition) is 6. The lowest BCUT2D eigenvalue weighted by Gasteiger charge is -2.20. The Hall–Kier alpha value is -3.50. The molecule has 0 aliphatic rings. The van der Waals surface area contributed by atoms with E-state index in [9.17, 15) is 22.6 Å². The summed E-state index contributed by atoms with van der Waals surface area (Å²) in [6, 6.07) is 8.86. The first-order chi connectivity index (χ1) is 17.1. The molecule has 2 aromatic heterocycles. The molecule has 0 aliphatic carbocycles. The standard InChI is InChI=1S/C26H30N2O7S/c1-3-28(4-2)22-12-11-20-16-21(26(31)35-23(20)17-22)10-9-19-13-15-27(18-24(19)36(32,33)34)14-7-5-6-8-25(29)30/h9-13,15-18H,3-8,14H2,1-2H3,(H-,29,30,32,33,34)/p+1. The van der Waals surface area contributed by atoms with Crippen LogP contribution in [-0.4, -0.2) is 37.1 Å². The molecular weight excluding hydrogens is 484 g/mol. The first kappa shape index (κ1) is 27.1. The maximum atomic E-state index is 12.6. The van der Waals surface area contributed by atoms with Crippen LogP contribution >= 0.6 is 0 Å². The van der Waals surface area contributed by atoms with Gasteiger partial charge in [0.1, 0.15) is 12.1 Å². The number of unbranched alkanes of at least 4 members (excludes halogenated alkanes) is 2. The summed E-state index contributed by atoms with van der Waals surface area (Å²) in [6.07, 6.45) is 7.86. The monoisotopic (exact) mass is 515 g/mol. The highest BCUT2D eigenvalue weighted by atomic mass is 32.2. The largest absolute Gasteiger partial charge is 0.481 e. The molecule has 0 amide bonds. The molecule has 3 aromatic rings. The van der Waals surface area contributed by atoms with Gasteiger partial charge in [0.05, 0.1) is 5.56 Å². The molecule has 0 bridgehead atoms. The SMILES string of the molecule is CCN(CC)c1ccc2cc(/C=C/c3cc[n+](CCCCCC(=O)O)cc3S(=O)(=O)O)c(=O)oc2c1. The second-order valence-corrected chi connectivity index (χ2v) is 9.79. The van der Waals surface area contributed by atoms with Crippen molar-refractivity contribution in [3.8, 4) is 0 Å². The predicted octanol–water partition coefficient (Wildman–Crippen LogP) is 3.99. The molecule has 0 aliphatic heterocycles. The first-order valence-corrected chi connectivity index (χ1v) is 13.3. The minimum absolute atomic E-state index is 0.0878. The quantitative estimate of drug-likeness (QED) is 0.160. The lowest BCUT2D eigenvalue weighted by atomic mass is 10.1. The van der Waals surface area contributed by atoms with E-state index in [0.29, 0.717) is 31.4 Å². The summed E-state index contributed by atoms with van der Waals surface area (Å²) in [7, 11) is -4.53. The molecule has 9 nitrogen and oxygen atoms in total. The number of carboxylic acid groups (broad SMARTS) is 1. The number of fused-ring (bicyclic) bond motifs is 1. The van der Waals surface area contributed by atoms with E-state index < -0.39 is 21.7 Å². The van der Waals surface area contributed by atoms with Crippen molar-refractivity contribution in [3.63, 3.8) is 0 Å². The average Bonchev–Trinajstić information content (AvgIpc) is 2.83. The third-order valence-electron chi connectivity index (χ3n) is 5.92. The third kappa shape index (κ3) is 7.02. The zero-order valence-electron chi connectivity index (χ0n) is 20.4. The third-order valence-corrected chi connectivity index (χ3v) is 6.81. The van der Waals surface area contributed by atoms with Crippen LogP contribution in [0.1, 0.15) is 50.7 Å². The van der Waals surface area contributed by atoms with Crippen LogP contribution in [0.4, 0.5) is 5.69 Å². The van der Waals surface area contributed by atoms with Crippen LogP contribution in [0, 0.1) is 0 Å².